The van der Waals surface area contributed by atoms with E-state index in [0.717, 1.165) is 44.3 Å². The van der Waals surface area contributed by atoms with Crippen molar-refractivity contribution in [1.29, 1.82) is 0 Å². The maximum absolute atomic E-state index is 12.9. The largest absolute Gasteiger partial charge is 0.445 e. The molecule has 1 unspecified atom stereocenters. The molecule has 7 rings (SSSR count). The molecule has 5 nitrogen and oxygen atoms in total. The Balaban J connectivity index is 1.25. The maximum Gasteiger partial charge on any atom is 0.407 e. The molecular weight excluding hydrogens is 410 g/mol. The maximum atomic E-state index is 12.9. The van der Waals surface area contributed by atoms with E-state index < -0.39 is 0 Å². The average molecular weight is 442 g/mol. The minimum absolute atomic E-state index is 0.0275. The third-order valence-electron chi connectivity index (χ3n) is 7.99. The minimum atomic E-state index is -0.273. The van der Waals surface area contributed by atoms with E-state index in [1.165, 1.54) is 27.6 Å². The van der Waals surface area contributed by atoms with Crippen LogP contribution in [0.4, 0.5) is 4.79 Å². The normalized spacial score (nSPS) is 27.3. The number of aromatic nitrogens is 1. The van der Waals surface area contributed by atoms with Crippen molar-refractivity contribution in [3.8, 4) is 11.1 Å². The fraction of sp³-hybridized carbons (Fsp3) is 0.429. The number of rotatable bonds is 3. The van der Waals surface area contributed by atoms with Crippen LogP contribution in [0, 0.1) is 11.3 Å². The fourth-order valence-electron chi connectivity index (χ4n) is 6.20. The highest BCUT2D eigenvalue weighted by Crippen LogP contribution is 2.46. The predicted molar refractivity (Wildman–Crippen MR) is 130 cm³/mol. The van der Waals surface area contributed by atoms with E-state index in [1.807, 2.05) is 12.4 Å². The lowest BCUT2D eigenvalue weighted by Gasteiger charge is -2.44. The summed E-state index contributed by atoms with van der Waals surface area (Å²) in [6.07, 6.45) is 6.72. The molecule has 2 aromatic carbocycles. The summed E-state index contributed by atoms with van der Waals surface area (Å²) in [4.78, 5) is 19.6. The summed E-state index contributed by atoms with van der Waals surface area (Å²) in [7, 11) is 0. The van der Waals surface area contributed by atoms with Crippen LogP contribution in [-0.2, 0) is 11.2 Å². The molecule has 1 aromatic heterocycles. The minimum Gasteiger partial charge on any atom is -0.445 e. The van der Waals surface area contributed by atoms with Gasteiger partial charge in [-0.15, -0.1) is 0 Å². The van der Waals surface area contributed by atoms with E-state index in [-0.39, 0.29) is 23.7 Å². The predicted octanol–water partition coefficient (Wildman–Crippen LogP) is 5.35. The second-order valence-corrected chi connectivity index (χ2v) is 10.6. The summed E-state index contributed by atoms with van der Waals surface area (Å²) in [5, 5.41) is 5.59. The molecule has 33 heavy (non-hydrogen) atoms. The first-order chi connectivity index (χ1) is 16.0. The van der Waals surface area contributed by atoms with Gasteiger partial charge in [-0.25, -0.2) is 4.79 Å². The molecule has 1 amide bonds. The van der Waals surface area contributed by atoms with Crippen LogP contribution >= 0.6 is 0 Å². The third-order valence-corrected chi connectivity index (χ3v) is 7.99. The van der Waals surface area contributed by atoms with Crippen LogP contribution in [0.25, 0.3) is 21.9 Å². The zero-order valence-corrected chi connectivity index (χ0v) is 19.4. The number of piperidine rings is 3. The van der Waals surface area contributed by atoms with Crippen LogP contribution in [0.2, 0.25) is 0 Å². The van der Waals surface area contributed by atoms with Crippen LogP contribution < -0.4 is 5.32 Å². The molecule has 3 fully saturated rings. The summed E-state index contributed by atoms with van der Waals surface area (Å²) in [6, 6.07) is 15.1. The van der Waals surface area contributed by atoms with Gasteiger partial charge in [0.15, 0.2) is 0 Å². The molecule has 0 spiro atoms. The number of hydrogen-bond acceptors (Lipinski definition) is 4. The Labute approximate surface area is 195 Å². The Hall–Kier alpha value is -2.92. The molecule has 0 saturated carbocycles. The van der Waals surface area contributed by atoms with E-state index in [0.29, 0.717) is 5.92 Å². The number of nitrogens with zero attached hydrogens (tertiary/aromatic N) is 2. The van der Waals surface area contributed by atoms with Crippen molar-refractivity contribution < 1.29 is 9.53 Å². The summed E-state index contributed by atoms with van der Waals surface area (Å²) < 4.78 is 5.94. The Morgan fingerprint density at radius 3 is 2.79 bits per heavy atom. The summed E-state index contributed by atoms with van der Waals surface area (Å²) in [5.41, 5.74) is 4.86. The molecule has 170 valence electrons. The van der Waals surface area contributed by atoms with Gasteiger partial charge in [-0.1, -0.05) is 50.2 Å². The molecular formula is C28H31N3O2. The summed E-state index contributed by atoms with van der Waals surface area (Å²) in [5.74, 6) is 0.517. The Kier molecular flexibility index (Phi) is 4.91. The first-order valence-electron chi connectivity index (χ1n) is 12.1. The van der Waals surface area contributed by atoms with Crippen LogP contribution in [-0.4, -0.2) is 41.7 Å². The lowest BCUT2D eigenvalue weighted by atomic mass is 9.85. The average Bonchev–Trinajstić information content (AvgIpc) is 3.08. The third kappa shape index (κ3) is 3.68. The highest BCUT2D eigenvalue weighted by atomic mass is 16.6. The first-order valence-corrected chi connectivity index (χ1v) is 12.1. The van der Waals surface area contributed by atoms with Crippen LogP contribution in [0.3, 0.4) is 0 Å². The van der Waals surface area contributed by atoms with Gasteiger partial charge in [-0.2, -0.15) is 0 Å². The van der Waals surface area contributed by atoms with Crippen molar-refractivity contribution in [2.45, 2.75) is 45.3 Å². The lowest BCUT2D eigenvalue weighted by Crippen LogP contribution is -2.53. The number of carbonyl (C=O) groups excluding carboxylic acids is 1. The number of hydrogen-bond donors (Lipinski definition) is 1. The van der Waals surface area contributed by atoms with Crippen molar-refractivity contribution in [2.75, 3.05) is 19.6 Å². The van der Waals surface area contributed by atoms with Gasteiger partial charge < -0.3 is 10.1 Å². The van der Waals surface area contributed by atoms with Gasteiger partial charge in [0.1, 0.15) is 6.10 Å². The highest BCUT2D eigenvalue weighted by molar-refractivity contribution is 5.96. The van der Waals surface area contributed by atoms with Gasteiger partial charge >= 0.3 is 6.09 Å². The van der Waals surface area contributed by atoms with Crippen molar-refractivity contribution >= 4 is 16.9 Å². The van der Waals surface area contributed by atoms with Crippen molar-refractivity contribution in [2.24, 2.45) is 11.3 Å². The van der Waals surface area contributed by atoms with Gasteiger partial charge in [0.05, 0.1) is 6.04 Å². The Morgan fingerprint density at radius 2 is 2.00 bits per heavy atom. The van der Waals surface area contributed by atoms with Crippen molar-refractivity contribution in [3.63, 3.8) is 0 Å². The van der Waals surface area contributed by atoms with Crippen LogP contribution in [0.1, 0.15) is 43.9 Å². The van der Waals surface area contributed by atoms with Gasteiger partial charge in [-0.3, -0.25) is 9.88 Å². The van der Waals surface area contributed by atoms with E-state index in [4.69, 9.17) is 4.74 Å². The zero-order chi connectivity index (χ0) is 22.6. The highest BCUT2D eigenvalue weighted by Gasteiger charge is 2.42. The lowest BCUT2D eigenvalue weighted by molar-refractivity contribution is -0.0348. The molecule has 0 radical (unpaired) electrons. The quantitative estimate of drug-likeness (QED) is 0.596. The van der Waals surface area contributed by atoms with Gasteiger partial charge in [0.2, 0.25) is 0 Å². The van der Waals surface area contributed by atoms with Crippen molar-refractivity contribution in [3.05, 3.63) is 66.0 Å². The number of fused-ring (bicyclic) bond motifs is 5. The smallest absolute Gasteiger partial charge is 0.407 e. The topological polar surface area (TPSA) is 54.5 Å². The van der Waals surface area contributed by atoms with Gasteiger partial charge in [-0.05, 0) is 77.4 Å². The van der Waals surface area contributed by atoms with E-state index >= 15 is 0 Å². The van der Waals surface area contributed by atoms with Crippen LogP contribution in [0.15, 0.2) is 54.9 Å². The molecule has 2 bridgehead atoms. The van der Waals surface area contributed by atoms with E-state index in [1.54, 1.807) is 0 Å². The Bertz CT molecular complexity index is 1210. The summed E-state index contributed by atoms with van der Waals surface area (Å²) >= 11 is 0. The monoisotopic (exact) mass is 441 g/mol. The second-order valence-electron chi connectivity index (χ2n) is 10.6. The standard InChI is InChI=1S/C28H31N3O2/c1-28(2)15-21-14-19(22-5-3-4-20-16-29-11-8-23(20)22)6-7-24(21)26(28)30-27(32)33-25-17-31-12-9-18(25)10-13-31/h3-8,11,14,16,18,25-26H,9-10,12-13,15,17H2,1-2H3,(H,30,32)/t25-,26?/m1/s1. The second kappa shape index (κ2) is 7.84. The molecule has 2 atom stereocenters. The molecule has 3 aromatic rings. The van der Waals surface area contributed by atoms with Crippen molar-refractivity contribution in [1.82, 2.24) is 15.2 Å². The summed E-state index contributed by atoms with van der Waals surface area (Å²) in [6.45, 7) is 7.63. The SMILES string of the molecule is CC1(C)Cc2cc(-c3cccc4cnccc34)ccc2C1NC(=O)O[C@@H]1CN2CCC1CC2. The number of nitrogens with one attached hydrogen (secondary N) is 1. The zero-order valence-electron chi connectivity index (χ0n) is 19.4. The number of carbonyl (C=O) groups is 1. The fourth-order valence-corrected chi connectivity index (χ4v) is 6.20. The number of alkyl carbamates (subject to hydrolysis) is 1. The number of pyridine rings is 1. The molecule has 1 N–H and O–H groups in total. The number of benzene rings is 2. The number of ether oxygens (including phenoxy) is 1. The Morgan fingerprint density at radius 1 is 1.15 bits per heavy atom. The molecule has 4 heterocycles. The molecule has 3 aliphatic heterocycles. The number of amides is 1. The van der Waals surface area contributed by atoms with Gasteiger partial charge in [0.25, 0.3) is 0 Å². The van der Waals surface area contributed by atoms with E-state index in [2.05, 4.69) is 71.5 Å². The van der Waals surface area contributed by atoms with E-state index in [9.17, 15) is 4.79 Å². The van der Waals surface area contributed by atoms with Crippen LogP contribution in [0.5, 0.6) is 0 Å². The molecule has 5 heteroatoms. The molecule has 4 aliphatic rings. The first kappa shape index (κ1) is 20.7. The van der Waals surface area contributed by atoms with Gasteiger partial charge in [0, 0.05) is 24.3 Å². The molecule has 3 saturated heterocycles. The molecule has 1 aliphatic carbocycles.